The van der Waals surface area contributed by atoms with Crippen LogP contribution in [0.5, 0.6) is 0 Å². The molecule has 0 aliphatic carbocycles. The van der Waals surface area contributed by atoms with Crippen molar-refractivity contribution >= 4 is 33.3 Å². The summed E-state index contributed by atoms with van der Waals surface area (Å²) in [6.07, 6.45) is 3.23. The minimum absolute atomic E-state index is 0.132. The first-order valence-electron chi connectivity index (χ1n) is 5.86. The predicted molar refractivity (Wildman–Crippen MR) is 82.8 cm³/mol. The average Bonchev–Trinajstić information content (AvgIpc) is 2.47. The van der Waals surface area contributed by atoms with Gasteiger partial charge in [-0.3, -0.25) is 4.72 Å². The molecule has 7 heteroatoms. The summed E-state index contributed by atoms with van der Waals surface area (Å²) in [5, 5.41) is 2.84. The van der Waals surface area contributed by atoms with E-state index in [2.05, 4.69) is 15.0 Å². The van der Waals surface area contributed by atoms with Gasteiger partial charge in [-0.25, -0.2) is 13.4 Å². The number of hydrogen-bond acceptors (Lipinski definition) is 5. The van der Waals surface area contributed by atoms with Gasteiger partial charge in [0, 0.05) is 18.1 Å². The van der Waals surface area contributed by atoms with Crippen molar-refractivity contribution in [1.29, 1.82) is 0 Å². The first-order valence-corrected chi connectivity index (χ1v) is 8.57. The maximum absolute atomic E-state index is 12.3. The number of para-hydroxylation sites is 1. The number of pyridine rings is 1. The number of benzene rings is 1. The van der Waals surface area contributed by atoms with E-state index in [1.807, 2.05) is 18.4 Å². The van der Waals surface area contributed by atoms with Crippen molar-refractivity contribution in [2.24, 2.45) is 0 Å². The summed E-state index contributed by atoms with van der Waals surface area (Å²) in [5.41, 5.74) is 0.567. The molecule has 0 spiro atoms. The molecule has 1 heterocycles. The Labute approximate surface area is 122 Å². The fraction of sp³-hybridized carbons (Fsp3) is 0.154. The van der Waals surface area contributed by atoms with E-state index in [9.17, 15) is 8.42 Å². The topological polar surface area (TPSA) is 71.1 Å². The molecule has 2 aromatic rings. The van der Waals surface area contributed by atoms with E-state index in [1.165, 1.54) is 24.0 Å². The number of hydrogen-bond donors (Lipinski definition) is 2. The van der Waals surface area contributed by atoms with Crippen molar-refractivity contribution in [3.63, 3.8) is 0 Å². The van der Waals surface area contributed by atoms with E-state index in [4.69, 9.17) is 0 Å². The van der Waals surface area contributed by atoms with Crippen LogP contribution < -0.4 is 10.0 Å². The van der Waals surface area contributed by atoms with E-state index in [-0.39, 0.29) is 4.90 Å². The third kappa shape index (κ3) is 3.23. The van der Waals surface area contributed by atoms with Gasteiger partial charge in [0.25, 0.3) is 10.0 Å². The van der Waals surface area contributed by atoms with E-state index < -0.39 is 10.0 Å². The Morgan fingerprint density at radius 2 is 1.90 bits per heavy atom. The number of aromatic nitrogens is 1. The largest absolute Gasteiger partial charge is 0.373 e. The second-order valence-corrected chi connectivity index (χ2v) is 6.47. The highest BCUT2D eigenvalue weighted by Crippen LogP contribution is 2.26. The summed E-state index contributed by atoms with van der Waals surface area (Å²) in [6.45, 7) is 0. The molecule has 0 aliphatic heterocycles. The van der Waals surface area contributed by atoms with E-state index in [1.54, 1.807) is 25.2 Å². The second-order valence-electron chi connectivity index (χ2n) is 3.93. The monoisotopic (exact) mass is 309 g/mol. The van der Waals surface area contributed by atoms with Crippen LogP contribution in [-0.2, 0) is 10.0 Å². The summed E-state index contributed by atoms with van der Waals surface area (Å²) < 4.78 is 27.2. The van der Waals surface area contributed by atoms with E-state index in [0.717, 1.165) is 4.90 Å². The molecule has 106 valence electrons. The van der Waals surface area contributed by atoms with Crippen LogP contribution in [0.3, 0.4) is 0 Å². The fourth-order valence-electron chi connectivity index (χ4n) is 1.62. The third-order valence-electron chi connectivity index (χ3n) is 2.65. The van der Waals surface area contributed by atoms with Crippen LogP contribution in [-0.4, -0.2) is 26.7 Å². The highest BCUT2D eigenvalue weighted by atomic mass is 32.2. The molecular weight excluding hydrogens is 294 g/mol. The van der Waals surface area contributed by atoms with Crippen LogP contribution in [0, 0.1) is 0 Å². The van der Waals surface area contributed by atoms with Gasteiger partial charge in [0.2, 0.25) is 0 Å². The first kappa shape index (κ1) is 14.7. The summed E-state index contributed by atoms with van der Waals surface area (Å²) >= 11 is 1.48. The van der Waals surface area contributed by atoms with Crippen LogP contribution in [0.15, 0.2) is 52.4 Å². The molecule has 0 unspecified atom stereocenters. The van der Waals surface area contributed by atoms with E-state index >= 15 is 0 Å². The molecule has 2 N–H and O–H groups in total. The Hall–Kier alpha value is -1.73. The van der Waals surface area contributed by atoms with Gasteiger partial charge < -0.3 is 5.32 Å². The standard InChI is InChI=1S/C13H15N3O2S2/c1-14-13-8-7-10(9-15-13)20(17,18)16-11-5-3-4-6-12(11)19-2/h3-9,16H,1-2H3,(H,14,15). The number of rotatable bonds is 5. The van der Waals surface area contributed by atoms with Gasteiger partial charge in [-0.15, -0.1) is 11.8 Å². The number of sulfonamides is 1. The maximum Gasteiger partial charge on any atom is 0.263 e. The van der Waals surface area contributed by atoms with Gasteiger partial charge in [-0.1, -0.05) is 12.1 Å². The van der Waals surface area contributed by atoms with Crippen LogP contribution in [0.2, 0.25) is 0 Å². The minimum atomic E-state index is -3.62. The molecule has 0 amide bonds. The number of thioether (sulfide) groups is 1. The van der Waals surface area contributed by atoms with Crippen molar-refractivity contribution in [3.8, 4) is 0 Å². The lowest BCUT2D eigenvalue weighted by molar-refractivity contribution is 0.600. The quantitative estimate of drug-likeness (QED) is 0.831. The molecule has 1 aromatic heterocycles. The van der Waals surface area contributed by atoms with Crippen molar-refractivity contribution in [3.05, 3.63) is 42.6 Å². The lowest BCUT2D eigenvalue weighted by atomic mass is 10.3. The fourth-order valence-corrected chi connectivity index (χ4v) is 3.26. The van der Waals surface area contributed by atoms with Crippen LogP contribution in [0.25, 0.3) is 0 Å². The molecule has 2 rings (SSSR count). The summed E-state index contributed by atoms with van der Waals surface area (Å²) in [4.78, 5) is 5.02. The maximum atomic E-state index is 12.3. The molecule has 0 atom stereocenters. The highest BCUT2D eigenvalue weighted by molar-refractivity contribution is 7.99. The van der Waals surface area contributed by atoms with Crippen LogP contribution >= 0.6 is 11.8 Å². The second kappa shape index (κ2) is 6.15. The summed E-state index contributed by atoms with van der Waals surface area (Å²) in [5.74, 6) is 0.619. The van der Waals surface area contributed by atoms with Gasteiger partial charge in [-0.05, 0) is 30.5 Å². The normalized spacial score (nSPS) is 11.1. The number of anilines is 2. The van der Waals surface area contributed by atoms with Crippen LogP contribution in [0.1, 0.15) is 0 Å². The Morgan fingerprint density at radius 3 is 2.50 bits per heavy atom. The summed E-state index contributed by atoms with van der Waals surface area (Å²) in [6, 6.07) is 10.4. The summed E-state index contributed by atoms with van der Waals surface area (Å²) in [7, 11) is -1.90. The zero-order valence-corrected chi connectivity index (χ0v) is 12.8. The minimum Gasteiger partial charge on any atom is -0.373 e. The molecule has 5 nitrogen and oxygen atoms in total. The molecule has 0 bridgehead atoms. The van der Waals surface area contributed by atoms with Gasteiger partial charge >= 0.3 is 0 Å². The van der Waals surface area contributed by atoms with Crippen molar-refractivity contribution < 1.29 is 8.42 Å². The zero-order valence-electron chi connectivity index (χ0n) is 11.1. The van der Waals surface area contributed by atoms with Crippen molar-refractivity contribution in [2.75, 3.05) is 23.3 Å². The molecule has 0 saturated carbocycles. The lowest BCUT2D eigenvalue weighted by Gasteiger charge is -2.11. The molecular formula is C13H15N3O2S2. The smallest absolute Gasteiger partial charge is 0.263 e. The average molecular weight is 309 g/mol. The number of nitrogens with zero attached hydrogens (tertiary/aromatic N) is 1. The Balaban J connectivity index is 2.30. The molecule has 20 heavy (non-hydrogen) atoms. The first-order chi connectivity index (χ1) is 9.56. The van der Waals surface area contributed by atoms with Gasteiger partial charge in [-0.2, -0.15) is 0 Å². The lowest BCUT2D eigenvalue weighted by Crippen LogP contribution is -2.14. The zero-order chi connectivity index (χ0) is 14.6. The third-order valence-corrected chi connectivity index (χ3v) is 4.80. The molecule has 0 radical (unpaired) electrons. The predicted octanol–water partition coefficient (Wildman–Crippen LogP) is 2.65. The van der Waals surface area contributed by atoms with Gasteiger partial charge in [0.05, 0.1) is 5.69 Å². The van der Waals surface area contributed by atoms with E-state index in [0.29, 0.717) is 11.5 Å². The van der Waals surface area contributed by atoms with Gasteiger partial charge in [0.15, 0.2) is 0 Å². The van der Waals surface area contributed by atoms with Gasteiger partial charge in [0.1, 0.15) is 10.7 Å². The Kier molecular flexibility index (Phi) is 4.51. The Morgan fingerprint density at radius 1 is 1.15 bits per heavy atom. The Bertz CT molecular complexity index is 685. The van der Waals surface area contributed by atoms with Crippen molar-refractivity contribution in [2.45, 2.75) is 9.79 Å². The van der Waals surface area contributed by atoms with Crippen molar-refractivity contribution in [1.82, 2.24) is 4.98 Å². The number of nitrogens with one attached hydrogen (secondary N) is 2. The SMILES string of the molecule is CNc1ccc(S(=O)(=O)Nc2ccccc2SC)cn1. The molecule has 0 saturated heterocycles. The molecule has 0 fully saturated rings. The van der Waals surface area contributed by atoms with Crippen LogP contribution in [0.4, 0.5) is 11.5 Å². The highest BCUT2D eigenvalue weighted by Gasteiger charge is 2.16. The molecule has 0 aliphatic rings. The molecule has 1 aromatic carbocycles.